The fourth-order valence-electron chi connectivity index (χ4n) is 5.02. The van der Waals surface area contributed by atoms with Gasteiger partial charge in [-0.3, -0.25) is 9.59 Å². The third kappa shape index (κ3) is 3.82. The summed E-state index contributed by atoms with van der Waals surface area (Å²) in [6.07, 6.45) is 2.24. The Morgan fingerprint density at radius 2 is 1.91 bits per heavy atom. The van der Waals surface area contributed by atoms with Gasteiger partial charge in [-0.05, 0) is 37.1 Å². The number of carbonyl (C=O) groups excluding carboxylic acids is 2. The molecule has 7 nitrogen and oxygen atoms in total. The molecule has 0 bridgehead atoms. The Morgan fingerprint density at radius 1 is 1.06 bits per heavy atom. The van der Waals surface area contributed by atoms with Gasteiger partial charge in [-0.25, -0.2) is 4.98 Å². The molecule has 8 heteroatoms. The van der Waals surface area contributed by atoms with Gasteiger partial charge < -0.3 is 19.3 Å². The van der Waals surface area contributed by atoms with E-state index >= 15 is 0 Å². The maximum atomic E-state index is 13.4. The van der Waals surface area contributed by atoms with E-state index in [-0.39, 0.29) is 30.1 Å². The third-order valence-corrected chi connectivity index (χ3v) is 7.90. The number of hydrogen-bond donors (Lipinski definition) is 0. The van der Waals surface area contributed by atoms with Crippen molar-refractivity contribution in [2.75, 3.05) is 37.7 Å². The molecule has 2 fully saturated rings. The van der Waals surface area contributed by atoms with E-state index in [1.165, 1.54) is 4.70 Å². The van der Waals surface area contributed by atoms with Gasteiger partial charge in [0.15, 0.2) is 11.5 Å². The maximum Gasteiger partial charge on any atom is 0.228 e. The van der Waals surface area contributed by atoms with Crippen LogP contribution in [0.2, 0.25) is 0 Å². The van der Waals surface area contributed by atoms with Gasteiger partial charge in [0.05, 0.1) is 21.1 Å². The summed E-state index contributed by atoms with van der Waals surface area (Å²) in [5.41, 5.74) is 1.78. The maximum absolute atomic E-state index is 13.4. The first-order valence-electron chi connectivity index (χ1n) is 11.5. The number of thiazole rings is 1. The number of hydrogen-bond acceptors (Lipinski definition) is 6. The van der Waals surface area contributed by atoms with Crippen molar-refractivity contribution in [2.24, 2.45) is 5.92 Å². The molecule has 0 N–H and O–H groups in total. The minimum absolute atomic E-state index is 0.0234. The van der Waals surface area contributed by atoms with Crippen molar-refractivity contribution >= 4 is 39.1 Å². The molecule has 6 rings (SSSR count). The Kier molecular flexibility index (Phi) is 5.17. The van der Waals surface area contributed by atoms with Crippen LogP contribution in [0.15, 0.2) is 42.5 Å². The molecule has 0 saturated carbocycles. The second-order valence-electron chi connectivity index (χ2n) is 8.88. The second-order valence-corrected chi connectivity index (χ2v) is 9.94. The smallest absolute Gasteiger partial charge is 0.228 e. The molecule has 3 aliphatic heterocycles. The Morgan fingerprint density at radius 3 is 2.79 bits per heavy atom. The van der Waals surface area contributed by atoms with Gasteiger partial charge in [-0.15, -0.1) is 11.3 Å². The van der Waals surface area contributed by atoms with Crippen molar-refractivity contribution in [3.63, 3.8) is 0 Å². The number of aromatic nitrogens is 1. The van der Waals surface area contributed by atoms with Crippen LogP contribution in [0.1, 0.15) is 30.2 Å². The van der Waals surface area contributed by atoms with E-state index in [9.17, 15) is 9.59 Å². The van der Waals surface area contributed by atoms with Gasteiger partial charge >= 0.3 is 0 Å². The average molecular weight is 464 g/mol. The van der Waals surface area contributed by atoms with E-state index in [2.05, 4.69) is 6.07 Å². The first-order valence-corrected chi connectivity index (χ1v) is 12.3. The predicted molar refractivity (Wildman–Crippen MR) is 126 cm³/mol. The number of amides is 2. The average Bonchev–Trinajstić information content (AvgIpc) is 3.47. The monoisotopic (exact) mass is 463 g/mol. The van der Waals surface area contributed by atoms with Crippen molar-refractivity contribution < 1.29 is 19.1 Å². The Labute approximate surface area is 195 Å². The molecule has 0 radical (unpaired) electrons. The van der Waals surface area contributed by atoms with Gasteiger partial charge in [0, 0.05) is 43.7 Å². The molecule has 4 heterocycles. The zero-order valence-electron chi connectivity index (χ0n) is 18.2. The molecule has 2 saturated heterocycles. The SMILES string of the molecule is O=C([C@@H]1CC(=O)N(c2ccc3c(c2)OCCO3)C1)N1CCC[C@@H](c2nc3ccccc3s2)C1. The number of fused-ring (bicyclic) bond motifs is 2. The van der Waals surface area contributed by atoms with E-state index in [1.807, 2.05) is 41.3 Å². The van der Waals surface area contributed by atoms with Crippen LogP contribution in [-0.2, 0) is 9.59 Å². The van der Waals surface area contributed by atoms with Gasteiger partial charge in [0.1, 0.15) is 13.2 Å². The van der Waals surface area contributed by atoms with Crippen LogP contribution >= 0.6 is 11.3 Å². The summed E-state index contributed by atoms with van der Waals surface area (Å²) >= 11 is 1.73. The Bertz CT molecular complexity index is 1190. The lowest BCUT2D eigenvalue weighted by molar-refractivity contribution is -0.137. The molecular weight excluding hydrogens is 438 g/mol. The molecule has 33 heavy (non-hydrogen) atoms. The van der Waals surface area contributed by atoms with Gasteiger partial charge in [0.2, 0.25) is 11.8 Å². The lowest BCUT2D eigenvalue weighted by atomic mass is 9.96. The van der Waals surface area contributed by atoms with Crippen molar-refractivity contribution in [1.29, 1.82) is 0 Å². The number of likely N-dealkylation sites (tertiary alicyclic amines) is 1. The fraction of sp³-hybridized carbons (Fsp3) is 0.400. The van der Waals surface area contributed by atoms with Gasteiger partial charge in [0.25, 0.3) is 0 Å². The lowest BCUT2D eigenvalue weighted by Crippen LogP contribution is -2.43. The summed E-state index contributed by atoms with van der Waals surface area (Å²) in [7, 11) is 0. The predicted octanol–water partition coefficient (Wildman–Crippen LogP) is 3.83. The van der Waals surface area contributed by atoms with E-state index in [0.29, 0.717) is 37.8 Å². The van der Waals surface area contributed by atoms with Crippen LogP contribution < -0.4 is 14.4 Å². The molecule has 0 spiro atoms. The zero-order valence-corrected chi connectivity index (χ0v) is 19.1. The van der Waals surface area contributed by atoms with Crippen LogP contribution in [0.4, 0.5) is 5.69 Å². The van der Waals surface area contributed by atoms with Crippen LogP contribution in [0.25, 0.3) is 10.2 Å². The molecular formula is C25H25N3O4S. The van der Waals surface area contributed by atoms with Gasteiger partial charge in [-0.1, -0.05) is 12.1 Å². The van der Waals surface area contributed by atoms with E-state index in [0.717, 1.165) is 35.6 Å². The normalized spacial score (nSPS) is 22.7. The van der Waals surface area contributed by atoms with Crippen LogP contribution in [-0.4, -0.2) is 54.5 Å². The molecule has 0 aliphatic carbocycles. The highest BCUT2D eigenvalue weighted by molar-refractivity contribution is 7.18. The minimum Gasteiger partial charge on any atom is -0.486 e. The van der Waals surface area contributed by atoms with E-state index in [4.69, 9.17) is 14.5 Å². The summed E-state index contributed by atoms with van der Waals surface area (Å²) in [5, 5.41) is 1.11. The number of benzene rings is 2. The van der Waals surface area contributed by atoms with Crippen LogP contribution in [0.3, 0.4) is 0 Å². The highest BCUT2D eigenvalue weighted by Crippen LogP contribution is 2.37. The highest BCUT2D eigenvalue weighted by atomic mass is 32.1. The van der Waals surface area contributed by atoms with Crippen molar-refractivity contribution in [1.82, 2.24) is 9.88 Å². The second kappa shape index (κ2) is 8.33. The quantitative estimate of drug-likeness (QED) is 0.590. The zero-order chi connectivity index (χ0) is 22.4. The Hall–Kier alpha value is -3.13. The molecule has 170 valence electrons. The summed E-state index contributed by atoms with van der Waals surface area (Å²) in [5.74, 6) is 1.33. The molecule has 3 aliphatic rings. The van der Waals surface area contributed by atoms with Crippen molar-refractivity contribution in [3.05, 3.63) is 47.5 Å². The molecule has 2 aromatic carbocycles. The molecule has 2 atom stereocenters. The van der Waals surface area contributed by atoms with Crippen LogP contribution in [0, 0.1) is 5.92 Å². The number of carbonyl (C=O) groups is 2. The first-order chi connectivity index (χ1) is 16.2. The van der Waals surface area contributed by atoms with Gasteiger partial charge in [-0.2, -0.15) is 0 Å². The summed E-state index contributed by atoms with van der Waals surface area (Å²) in [6.45, 7) is 2.84. The number of nitrogens with zero attached hydrogens (tertiary/aromatic N) is 3. The number of anilines is 1. The Balaban J connectivity index is 1.16. The summed E-state index contributed by atoms with van der Waals surface area (Å²) in [6, 6.07) is 13.7. The highest BCUT2D eigenvalue weighted by Gasteiger charge is 2.39. The van der Waals surface area contributed by atoms with E-state index < -0.39 is 0 Å². The van der Waals surface area contributed by atoms with Crippen LogP contribution in [0.5, 0.6) is 11.5 Å². The number of para-hydroxylation sites is 1. The van der Waals surface area contributed by atoms with Crippen molar-refractivity contribution in [2.45, 2.75) is 25.2 Å². The standard InChI is InChI=1S/C25H25N3O4S/c29-23-12-17(15-28(23)18-7-8-20-21(13-18)32-11-10-31-20)25(30)27-9-3-4-16(14-27)24-26-19-5-1-2-6-22(19)33-24/h1-2,5-8,13,16-17H,3-4,9-12,14-15H2/t16-,17-/m1/s1. The molecule has 0 unspecified atom stereocenters. The minimum atomic E-state index is -0.320. The largest absolute Gasteiger partial charge is 0.486 e. The summed E-state index contributed by atoms with van der Waals surface area (Å²) < 4.78 is 12.4. The lowest BCUT2D eigenvalue weighted by Gasteiger charge is -2.33. The van der Waals surface area contributed by atoms with E-state index in [1.54, 1.807) is 16.2 Å². The van der Waals surface area contributed by atoms with Crippen molar-refractivity contribution in [3.8, 4) is 11.5 Å². The molecule has 3 aromatic rings. The third-order valence-electron chi connectivity index (χ3n) is 6.70. The molecule has 1 aromatic heterocycles. The first kappa shape index (κ1) is 20.5. The fourth-order valence-corrected chi connectivity index (χ4v) is 6.12. The number of piperidine rings is 1. The topological polar surface area (TPSA) is 72.0 Å². The molecule has 2 amide bonds. The number of ether oxygens (including phenoxy) is 2. The number of rotatable bonds is 3. The summed E-state index contributed by atoms with van der Waals surface area (Å²) in [4.78, 5) is 34.7.